The third kappa shape index (κ3) is 4.32. The molecule has 1 rings (SSSR count). The number of hydrogen-bond donors (Lipinski definition) is 2. The predicted octanol–water partition coefficient (Wildman–Crippen LogP) is 2.45. The molecule has 0 bridgehead atoms. The van der Waals surface area contributed by atoms with Crippen LogP contribution in [0.3, 0.4) is 0 Å². The summed E-state index contributed by atoms with van der Waals surface area (Å²) in [6.45, 7) is 1.96. The highest BCUT2D eigenvalue weighted by Crippen LogP contribution is 2.21. The number of alkyl halides is 3. The van der Waals surface area contributed by atoms with Crippen molar-refractivity contribution in [3.8, 4) is 0 Å². The Morgan fingerprint density at radius 2 is 2.21 bits per heavy atom. The summed E-state index contributed by atoms with van der Waals surface area (Å²) in [4.78, 5) is 2.91. The summed E-state index contributed by atoms with van der Waals surface area (Å²) >= 11 is 0. The van der Waals surface area contributed by atoms with Gasteiger partial charge in [0.25, 0.3) is 0 Å². The Bertz CT molecular complexity index is 254. The number of halogens is 3. The van der Waals surface area contributed by atoms with Crippen LogP contribution in [-0.4, -0.2) is 17.2 Å². The largest absolute Gasteiger partial charge is 0.390 e. The second-order valence-corrected chi connectivity index (χ2v) is 3.30. The van der Waals surface area contributed by atoms with Crippen molar-refractivity contribution < 1.29 is 13.2 Å². The fraction of sp³-hybridized carbons (Fsp3) is 0.556. The van der Waals surface area contributed by atoms with Crippen molar-refractivity contribution in [1.82, 2.24) is 10.3 Å². The number of hydrogen-bond acceptors (Lipinski definition) is 1. The van der Waals surface area contributed by atoms with Gasteiger partial charge in [0.15, 0.2) is 0 Å². The van der Waals surface area contributed by atoms with E-state index in [-0.39, 0.29) is 0 Å². The van der Waals surface area contributed by atoms with E-state index in [0.29, 0.717) is 6.54 Å². The molecule has 1 unspecified atom stereocenters. The van der Waals surface area contributed by atoms with Crippen molar-refractivity contribution >= 4 is 0 Å². The van der Waals surface area contributed by atoms with Gasteiger partial charge in [0.1, 0.15) is 0 Å². The van der Waals surface area contributed by atoms with Crippen LogP contribution in [0.4, 0.5) is 13.2 Å². The van der Waals surface area contributed by atoms with Crippen LogP contribution in [0.2, 0.25) is 0 Å². The van der Waals surface area contributed by atoms with Crippen molar-refractivity contribution in [1.29, 1.82) is 0 Å². The Morgan fingerprint density at radius 1 is 1.50 bits per heavy atom. The van der Waals surface area contributed by atoms with Crippen molar-refractivity contribution in [2.24, 2.45) is 0 Å². The van der Waals surface area contributed by atoms with Crippen LogP contribution in [0, 0.1) is 0 Å². The quantitative estimate of drug-likeness (QED) is 0.778. The summed E-state index contributed by atoms with van der Waals surface area (Å²) in [5, 5.41) is 2.79. The third-order valence-electron chi connectivity index (χ3n) is 1.84. The van der Waals surface area contributed by atoms with Crippen LogP contribution < -0.4 is 5.32 Å². The molecule has 0 aromatic carbocycles. The summed E-state index contributed by atoms with van der Waals surface area (Å²) in [5.41, 5.74) is 0.888. The minimum atomic E-state index is -4.10. The van der Waals surface area contributed by atoms with E-state index in [2.05, 4.69) is 10.3 Å². The van der Waals surface area contributed by atoms with Gasteiger partial charge in [0.2, 0.25) is 0 Å². The first-order chi connectivity index (χ1) is 6.47. The molecule has 2 nitrogen and oxygen atoms in total. The zero-order valence-corrected chi connectivity index (χ0v) is 7.86. The molecule has 0 aliphatic carbocycles. The first kappa shape index (κ1) is 11.1. The van der Waals surface area contributed by atoms with Gasteiger partial charge in [-0.3, -0.25) is 0 Å². The topological polar surface area (TPSA) is 27.8 Å². The summed E-state index contributed by atoms with van der Waals surface area (Å²) in [6, 6.07) is 3.08. The summed E-state index contributed by atoms with van der Waals surface area (Å²) < 4.78 is 35.8. The predicted molar refractivity (Wildman–Crippen MR) is 47.8 cm³/mol. The van der Waals surface area contributed by atoms with Crippen molar-refractivity contribution in [2.45, 2.75) is 32.1 Å². The fourth-order valence-corrected chi connectivity index (χ4v) is 1.18. The molecule has 80 valence electrons. The minimum Gasteiger partial charge on any atom is -0.364 e. The fourth-order valence-electron chi connectivity index (χ4n) is 1.18. The molecule has 1 aromatic rings. The van der Waals surface area contributed by atoms with E-state index in [1.807, 2.05) is 12.1 Å². The van der Waals surface area contributed by atoms with Crippen LogP contribution >= 0.6 is 0 Å². The molecule has 0 fully saturated rings. The molecule has 1 aromatic heterocycles. The molecular weight excluding hydrogens is 193 g/mol. The van der Waals surface area contributed by atoms with E-state index >= 15 is 0 Å². The summed E-state index contributed by atoms with van der Waals surface area (Å²) in [7, 11) is 0. The maximum atomic E-state index is 11.9. The van der Waals surface area contributed by atoms with Crippen LogP contribution in [0.1, 0.15) is 19.0 Å². The molecule has 0 saturated heterocycles. The SMILES string of the molecule is CC(CC(F)(F)F)NCc1ccc[nH]1. The highest BCUT2D eigenvalue weighted by atomic mass is 19.4. The first-order valence-electron chi connectivity index (χ1n) is 4.40. The Morgan fingerprint density at radius 3 is 2.71 bits per heavy atom. The highest BCUT2D eigenvalue weighted by Gasteiger charge is 2.29. The van der Waals surface area contributed by atoms with E-state index in [0.717, 1.165) is 5.69 Å². The van der Waals surface area contributed by atoms with E-state index in [1.54, 1.807) is 6.20 Å². The summed E-state index contributed by atoms with van der Waals surface area (Å²) in [5.74, 6) is 0. The first-order valence-corrected chi connectivity index (χ1v) is 4.40. The van der Waals surface area contributed by atoms with Gasteiger partial charge >= 0.3 is 6.18 Å². The smallest absolute Gasteiger partial charge is 0.364 e. The normalized spacial score (nSPS) is 14.3. The monoisotopic (exact) mass is 206 g/mol. The Hall–Kier alpha value is -0.970. The lowest BCUT2D eigenvalue weighted by Gasteiger charge is -2.15. The van der Waals surface area contributed by atoms with Crippen molar-refractivity contribution in [3.63, 3.8) is 0 Å². The molecule has 5 heteroatoms. The molecule has 0 amide bonds. The third-order valence-corrected chi connectivity index (χ3v) is 1.84. The average molecular weight is 206 g/mol. The molecule has 0 aliphatic rings. The lowest BCUT2D eigenvalue weighted by atomic mass is 10.2. The van der Waals surface area contributed by atoms with E-state index < -0.39 is 18.6 Å². The van der Waals surface area contributed by atoms with Gasteiger partial charge in [-0.05, 0) is 19.1 Å². The van der Waals surface area contributed by atoms with E-state index in [4.69, 9.17) is 0 Å². The number of rotatable bonds is 4. The molecule has 2 N–H and O–H groups in total. The van der Waals surface area contributed by atoms with E-state index in [9.17, 15) is 13.2 Å². The molecule has 0 radical (unpaired) electrons. The van der Waals surface area contributed by atoms with Crippen LogP contribution in [0.5, 0.6) is 0 Å². The van der Waals surface area contributed by atoms with E-state index in [1.165, 1.54) is 6.92 Å². The van der Waals surface area contributed by atoms with Crippen LogP contribution in [0.25, 0.3) is 0 Å². The maximum absolute atomic E-state index is 11.9. The molecule has 14 heavy (non-hydrogen) atoms. The van der Waals surface area contributed by atoms with Gasteiger partial charge in [0, 0.05) is 24.5 Å². The van der Waals surface area contributed by atoms with Gasteiger partial charge in [-0.1, -0.05) is 0 Å². The van der Waals surface area contributed by atoms with Crippen LogP contribution in [-0.2, 0) is 6.54 Å². The van der Waals surface area contributed by atoms with Gasteiger partial charge in [-0.25, -0.2) is 0 Å². The van der Waals surface area contributed by atoms with Gasteiger partial charge in [0.05, 0.1) is 6.42 Å². The Labute approximate surface area is 80.5 Å². The Balaban J connectivity index is 2.25. The number of H-pyrrole nitrogens is 1. The molecule has 1 atom stereocenters. The van der Waals surface area contributed by atoms with Gasteiger partial charge < -0.3 is 10.3 Å². The second kappa shape index (κ2) is 4.50. The maximum Gasteiger partial charge on any atom is 0.390 e. The zero-order chi connectivity index (χ0) is 10.6. The molecule has 1 heterocycles. The average Bonchev–Trinajstić information content (AvgIpc) is 2.49. The lowest BCUT2D eigenvalue weighted by Crippen LogP contribution is -2.30. The summed E-state index contributed by atoms with van der Waals surface area (Å²) in [6.07, 6.45) is -3.15. The van der Waals surface area contributed by atoms with Crippen molar-refractivity contribution in [2.75, 3.05) is 0 Å². The molecular formula is C9H13F3N2. The number of aromatic amines is 1. The second-order valence-electron chi connectivity index (χ2n) is 3.30. The standard InChI is InChI=1S/C9H13F3N2/c1-7(5-9(10,11)12)14-6-8-3-2-4-13-8/h2-4,7,13-14H,5-6H2,1H3. The van der Waals surface area contributed by atoms with Gasteiger partial charge in [-0.2, -0.15) is 13.2 Å². The molecule has 0 aliphatic heterocycles. The molecule has 0 saturated carbocycles. The van der Waals surface area contributed by atoms with Crippen molar-refractivity contribution in [3.05, 3.63) is 24.0 Å². The number of nitrogens with one attached hydrogen (secondary N) is 2. The minimum absolute atomic E-state index is 0.435. The van der Waals surface area contributed by atoms with Crippen LogP contribution in [0.15, 0.2) is 18.3 Å². The number of aromatic nitrogens is 1. The highest BCUT2D eigenvalue weighted by molar-refractivity contribution is 5.03. The zero-order valence-electron chi connectivity index (χ0n) is 7.86. The molecule has 0 spiro atoms. The Kier molecular flexibility index (Phi) is 3.57. The van der Waals surface area contributed by atoms with Gasteiger partial charge in [-0.15, -0.1) is 0 Å². The lowest BCUT2D eigenvalue weighted by molar-refractivity contribution is -0.139.